The van der Waals surface area contributed by atoms with Crippen molar-refractivity contribution in [3.63, 3.8) is 0 Å². The Labute approximate surface area is 570 Å². The number of hydrogen-bond acceptors (Lipinski definition) is 15. The third-order valence-corrected chi connectivity index (χ3v) is 20.6. The molecule has 12 atom stereocenters. The molecule has 8 bridgehead atoms. The number of rotatable bonds is 16. The third-order valence-electron chi connectivity index (χ3n) is 20.6. The molecule has 6 aromatic heterocycles. The molecule has 2 N–H and O–H groups in total. The van der Waals surface area contributed by atoms with Gasteiger partial charge in [-0.2, -0.15) is 30.0 Å². The average Bonchev–Trinajstić information content (AvgIpc) is 1.55. The Morgan fingerprint density at radius 2 is 0.847 bits per heavy atom. The normalized spacial score (nSPS) is 25.1. The van der Waals surface area contributed by atoms with Crippen molar-refractivity contribution in [2.45, 2.75) is 140 Å². The number of amides is 1. The molecule has 4 saturated heterocycles. The second kappa shape index (κ2) is 33.7. The highest BCUT2D eigenvalue weighted by Crippen LogP contribution is 2.47. The van der Waals surface area contributed by atoms with E-state index in [9.17, 15) is 35.9 Å². The summed E-state index contributed by atoms with van der Waals surface area (Å²) in [4.78, 5) is 44.2. The fourth-order valence-electron chi connectivity index (χ4n) is 15.6. The molecule has 10 heterocycles. The van der Waals surface area contributed by atoms with Gasteiger partial charge in [0.2, 0.25) is 23.5 Å². The van der Waals surface area contributed by atoms with Crippen molar-refractivity contribution in [3.05, 3.63) is 181 Å². The number of carbonyl (C=O) groups excluding carboxylic acids is 1. The number of carbonyl (C=O) groups is 2. The van der Waals surface area contributed by atoms with Crippen LogP contribution < -0.4 is 24.3 Å². The van der Waals surface area contributed by atoms with Gasteiger partial charge in [0, 0.05) is 60.3 Å². The minimum atomic E-state index is -1.35. The maximum Gasteiger partial charge on any atom is 0.340 e. The highest BCUT2D eigenvalue weighted by Gasteiger charge is 2.47. The van der Waals surface area contributed by atoms with Crippen LogP contribution in [0, 0.1) is 82.2 Å². The van der Waals surface area contributed by atoms with Gasteiger partial charge in [0.1, 0.15) is 57.4 Å². The van der Waals surface area contributed by atoms with E-state index in [2.05, 4.69) is 45.6 Å². The maximum atomic E-state index is 14.8. The van der Waals surface area contributed by atoms with Crippen LogP contribution in [-0.2, 0) is 0 Å². The summed E-state index contributed by atoms with van der Waals surface area (Å²) in [7, 11) is 0. The summed E-state index contributed by atoms with van der Waals surface area (Å²) in [6.45, 7) is 2.54. The summed E-state index contributed by atoms with van der Waals surface area (Å²) in [5.74, 6) is 3.21. The van der Waals surface area contributed by atoms with E-state index in [1.807, 2.05) is 4.90 Å². The van der Waals surface area contributed by atoms with Gasteiger partial charge in [-0.3, -0.25) is 4.79 Å². The zero-order valence-corrected chi connectivity index (χ0v) is 55.0. The number of pyridine rings is 4. The topological polar surface area (TPSA) is 220 Å². The van der Waals surface area contributed by atoms with E-state index in [-0.39, 0.29) is 65.0 Å². The molecule has 16 rings (SSSR count). The van der Waals surface area contributed by atoms with Gasteiger partial charge in [-0.25, -0.2) is 51.1 Å². The first-order valence-electron chi connectivity index (χ1n) is 33.8. The number of halogens is 7. The van der Waals surface area contributed by atoms with Gasteiger partial charge in [0.15, 0.2) is 0 Å². The monoisotopic (exact) mass is 1370 g/mol. The number of carboxylic acid groups (broad SMARTS) is 1. The highest BCUT2D eigenvalue weighted by molar-refractivity contribution is 5.98. The Hall–Kier alpha value is -8.71. The Morgan fingerprint density at radius 1 is 0.449 bits per heavy atom. The molecule has 19 nitrogen and oxygen atoms in total. The average molecular weight is 1380 g/mol. The van der Waals surface area contributed by atoms with Crippen molar-refractivity contribution >= 4 is 24.3 Å². The highest BCUT2D eigenvalue weighted by atomic mass is 35.5. The fourth-order valence-corrected chi connectivity index (χ4v) is 15.6. The quantitative estimate of drug-likeness (QED) is 0.0859. The number of carboxylic acids is 1. The fraction of sp³-hybridized carbons (Fsp3) is 0.472. The molecule has 4 saturated carbocycles. The molecule has 2 aromatic carbocycles. The van der Waals surface area contributed by atoms with Crippen LogP contribution in [0.2, 0.25) is 0 Å². The second-order valence-corrected chi connectivity index (χ2v) is 26.5. The molecule has 5 unspecified atom stereocenters. The van der Waals surface area contributed by atoms with E-state index in [1.165, 1.54) is 187 Å². The van der Waals surface area contributed by atoms with E-state index in [0.29, 0.717) is 66.2 Å². The van der Waals surface area contributed by atoms with Crippen molar-refractivity contribution in [2.24, 2.45) is 47.3 Å². The molecule has 8 fully saturated rings. The summed E-state index contributed by atoms with van der Waals surface area (Å²) in [5.41, 5.74) is -0.0261. The predicted molar refractivity (Wildman–Crippen MR) is 351 cm³/mol. The van der Waals surface area contributed by atoms with Crippen LogP contribution in [0.1, 0.15) is 136 Å². The minimum Gasteiger partial charge on any atom is -0.478 e. The van der Waals surface area contributed by atoms with Crippen LogP contribution in [0.3, 0.4) is 0 Å². The van der Waals surface area contributed by atoms with Gasteiger partial charge in [0.25, 0.3) is 5.91 Å². The van der Waals surface area contributed by atoms with Crippen LogP contribution in [0.4, 0.5) is 26.3 Å². The first-order chi connectivity index (χ1) is 47.2. The molecule has 8 aromatic rings. The van der Waals surface area contributed by atoms with Gasteiger partial charge >= 0.3 is 5.97 Å². The van der Waals surface area contributed by atoms with Gasteiger partial charge in [-0.1, -0.05) is 37.8 Å². The zero-order valence-electron chi connectivity index (χ0n) is 54.2. The standard InChI is InChI=1S/C22H21F2N5O2.2C14H18FNO.C13H17FN2O.C9H6FN3O2.ClH/c23-15-5-9-20(25-12-15)31-13-14-4-6-16-7-8-18(14)28(16)22(30)21-17(24)2-1-3-19(21)29-26-10-11-27-29;2*15-13-5-6-14(16-8-13)17-9-12-4-2-10-1-3-11(12)7-10;14-10-2-6-13(15-7-10)17-8-9-1-3-11-4-5-12(9)16-11;10-6-2-1-3-7(8(6)9(14)15)13-11-4-5-12-13;/h1-3,5,9-12,14,16,18H,4,6-8,13H2;2*5-6,8,10-12H,1-4,7,9H2;2,6-7,9,11-12,16H,1,3-5,8H2;1-5H,(H,14,15);1H/t14-,16-,18?;10?,11?,12-;10-,11?,12+;9-,11-,12?;;/m1101../s1. The van der Waals surface area contributed by atoms with E-state index >= 15 is 0 Å². The Morgan fingerprint density at radius 3 is 1.31 bits per heavy atom. The van der Waals surface area contributed by atoms with Gasteiger partial charge in [0.05, 0.1) is 76.0 Å². The van der Waals surface area contributed by atoms with E-state index in [0.717, 1.165) is 85.7 Å². The number of hydrogen-bond donors (Lipinski definition) is 2. The van der Waals surface area contributed by atoms with Gasteiger partial charge in [-0.05, 0) is 174 Å². The molecule has 0 spiro atoms. The summed E-state index contributed by atoms with van der Waals surface area (Å²) < 4.78 is 102. The third kappa shape index (κ3) is 18.1. The molecule has 8 aliphatic rings. The lowest BCUT2D eigenvalue weighted by molar-refractivity contribution is 0.0398. The Bertz CT molecular complexity index is 3640. The first-order valence-corrected chi connectivity index (χ1v) is 33.8. The predicted octanol–water partition coefficient (Wildman–Crippen LogP) is 13.9. The molecule has 4 aliphatic heterocycles. The van der Waals surface area contributed by atoms with Crippen molar-refractivity contribution in [2.75, 3.05) is 26.4 Å². The maximum absolute atomic E-state index is 14.8. The van der Waals surface area contributed by atoms with Crippen molar-refractivity contribution < 1.29 is 60.0 Å². The number of piperidine rings is 2. The van der Waals surface area contributed by atoms with Crippen molar-refractivity contribution in [1.29, 1.82) is 0 Å². The molecule has 1 amide bonds. The van der Waals surface area contributed by atoms with Crippen molar-refractivity contribution in [1.82, 2.24) is 60.1 Å². The van der Waals surface area contributed by atoms with Crippen molar-refractivity contribution in [3.8, 4) is 34.9 Å². The number of aromatic nitrogens is 10. The molecule has 98 heavy (non-hydrogen) atoms. The van der Waals surface area contributed by atoms with Crippen LogP contribution >= 0.6 is 12.4 Å². The number of nitrogens with one attached hydrogen (secondary N) is 1. The summed E-state index contributed by atoms with van der Waals surface area (Å²) in [6, 6.07) is 21.5. The Kier molecular flexibility index (Phi) is 24.3. The summed E-state index contributed by atoms with van der Waals surface area (Å²) >= 11 is 0. The molecule has 26 heteroatoms. The number of fused-ring (bicyclic) bond motifs is 8. The first kappa shape index (κ1) is 70.6. The molecular formula is C72H81ClF6N12O7. The molecule has 4 aliphatic carbocycles. The smallest absolute Gasteiger partial charge is 0.340 e. The number of ether oxygens (including phenoxy) is 4. The SMILES string of the molecule is Cl.Fc1ccc(OC[C@H]2CCC3CCC2C3)nc1.Fc1ccc(OC[C@H]2CC[C@@H]3CCC2C3)nc1.Fc1ccc(OC[C@H]2CC[C@@H]3CCC2N3)nc1.O=C(O)c1c(F)cccc1-n1nccn1.O=C(c1c(F)cccc1-n1nccn1)N1C2CC[C@H]1CC[C@@H]2COc1ccc(F)cn1. The lowest BCUT2D eigenvalue weighted by atomic mass is 9.80. The van der Waals surface area contributed by atoms with E-state index in [1.54, 1.807) is 30.3 Å². The largest absolute Gasteiger partial charge is 0.478 e. The van der Waals surface area contributed by atoms with Gasteiger partial charge < -0.3 is 34.3 Å². The van der Waals surface area contributed by atoms with E-state index in [4.69, 9.17) is 24.1 Å². The summed E-state index contributed by atoms with van der Waals surface area (Å²) in [6.07, 6.45) is 32.6. The molecule has 0 radical (unpaired) electrons. The second-order valence-electron chi connectivity index (χ2n) is 26.5. The number of benzene rings is 2. The number of nitrogens with zero attached hydrogens (tertiary/aromatic N) is 11. The number of aromatic carboxylic acids is 1. The molecular weight excluding hydrogens is 1290 g/mol. The van der Waals surface area contributed by atoms with Crippen LogP contribution in [0.5, 0.6) is 23.5 Å². The van der Waals surface area contributed by atoms with E-state index < -0.39 is 29.0 Å². The molecule has 520 valence electrons. The lowest BCUT2D eigenvalue weighted by Gasteiger charge is -2.40. The van der Waals surface area contributed by atoms with Gasteiger partial charge in [-0.15, -0.1) is 12.4 Å². The lowest BCUT2D eigenvalue weighted by Crippen LogP contribution is -2.50. The van der Waals surface area contributed by atoms with Crippen LogP contribution in [-0.4, -0.2) is 122 Å². The zero-order chi connectivity index (χ0) is 67.2. The van der Waals surface area contributed by atoms with Crippen LogP contribution in [0.25, 0.3) is 11.4 Å². The Balaban J connectivity index is 0.000000128. The summed E-state index contributed by atoms with van der Waals surface area (Å²) in [5, 5.41) is 28.1. The van der Waals surface area contributed by atoms with Crippen LogP contribution in [0.15, 0.2) is 135 Å². The minimum absolute atomic E-state index is 0.